The van der Waals surface area contributed by atoms with Gasteiger partial charge in [0, 0.05) is 24.8 Å². The lowest BCUT2D eigenvalue weighted by Crippen LogP contribution is -2.32. The first-order chi connectivity index (χ1) is 15.0. The zero-order chi connectivity index (χ0) is 21.5. The number of halogens is 2. The minimum absolute atomic E-state index is 0.0420. The summed E-state index contributed by atoms with van der Waals surface area (Å²) in [6.07, 6.45) is 3.11. The Labute approximate surface area is 183 Å². The number of ether oxygens (including phenoxy) is 2. The molecule has 2 aliphatic heterocycles. The van der Waals surface area contributed by atoms with Gasteiger partial charge in [-0.1, -0.05) is 23.7 Å². The highest BCUT2D eigenvalue weighted by atomic mass is 35.5. The normalized spacial score (nSPS) is 16.6. The summed E-state index contributed by atoms with van der Waals surface area (Å²) in [5.41, 5.74) is 3.06. The van der Waals surface area contributed by atoms with E-state index < -0.39 is 5.82 Å². The molecule has 0 amide bonds. The third kappa shape index (κ3) is 3.58. The van der Waals surface area contributed by atoms with Crippen LogP contribution in [0.15, 0.2) is 54.4 Å². The molecule has 31 heavy (non-hydrogen) atoms. The molecule has 0 saturated heterocycles. The summed E-state index contributed by atoms with van der Waals surface area (Å²) < 4.78 is 26.2. The van der Waals surface area contributed by atoms with Crippen molar-refractivity contribution in [2.45, 2.75) is 20.0 Å². The van der Waals surface area contributed by atoms with Gasteiger partial charge in [0.05, 0.1) is 21.8 Å². The van der Waals surface area contributed by atoms with E-state index in [1.807, 2.05) is 31.2 Å². The van der Waals surface area contributed by atoms with Gasteiger partial charge in [-0.05, 0) is 48.9 Å². The van der Waals surface area contributed by atoms with Gasteiger partial charge in [-0.3, -0.25) is 14.7 Å². The van der Waals surface area contributed by atoms with Gasteiger partial charge in [-0.15, -0.1) is 0 Å². The first kappa shape index (κ1) is 19.7. The number of fused-ring (bicyclic) bond motifs is 3. The van der Waals surface area contributed by atoms with Crippen molar-refractivity contribution in [2.24, 2.45) is 0 Å². The van der Waals surface area contributed by atoms with Crippen LogP contribution < -0.4 is 9.47 Å². The molecule has 1 aromatic heterocycles. The molecule has 0 bridgehead atoms. The van der Waals surface area contributed by atoms with Gasteiger partial charge in [0.15, 0.2) is 5.76 Å². The molecule has 0 N–H and O–H groups in total. The second kappa shape index (κ2) is 7.80. The number of rotatable bonds is 3. The number of hydrogen-bond donors (Lipinski definition) is 0. The molecule has 2 aromatic carbocycles. The first-order valence-corrected chi connectivity index (χ1v) is 10.2. The zero-order valence-electron chi connectivity index (χ0n) is 16.7. The Morgan fingerprint density at radius 1 is 1.26 bits per heavy atom. The molecule has 0 atom stereocenters. The highest BCUT2D eigenvalue weighted by Gasteiger charge is 2.35. The van der Waals surface area contributed by atoms with Crippen LogP contribution in [0.2, 0.25) is 5.02 Å². The fourth-order valence-electron chi connectivity index (χ4n) is 3.88. The number of benzene rings is 2. The molecule has 7 heteroatoms. The van der Waals surface area contributed by atoms with E-state index in [1.165, 1.54) is 18.2 Å². The van der Waals surface area contributed by atoms with E-state index in [0.29, 0.717) is 36.9 Å². The minimum atomic E-state index is -0.518. The number of aryl methyl sites for hydroxylation is 1. The van der Waals surface area contributed by atoms with Crippen molar-refractivity contribution in [1.82, 2.24) is 9.88 Å². The Hall–Kier alpha value is -3.22. The van der Waals surface area contributed by atoms with Crippen molar-refractivity contribution in [3.8, 4) is 11.5 Å². The topological polar surface area (TPSA) is 51.7 Å². The molecular weight excluding hydrogens is 419 g/mol. The van der Waals surface area contributed by atoms with E-state index in [2.05, 4.69) is 9.88 Å². The monoisotopic (exact) mass is 436 g/mol. The Morgan fingerprint density at radius 2 is 2.13 bits per heavy atom. The van der Waals surface area contributed by atoms with Crippen LogP contribution in [-0.2, 0) is 13.1 Å². The number of carbonyl (C=O) groups excluding carboxylic acids is 1. The van der Waals surface area contributed by atoms with Crippen molar-refractivity contribution in [1.29, 1.82) is 0 Å². The Kier molecular flexibility index (Phi) is 4.96. The highest BCUT2D eigenvalue weighted by molar-refractivity contribution is 6.32. The molecule has 0 radical (unpaired) electrons. The van der Waals surface area contributed by atoms with E-state index in [4.69, 9.17) is 21.1 Å². The predicted molar refractivity (Wildman–Crippen MR) is 115 cm³/mol. The van der Waals surface area contributed by atoms with Crippen LogP contribution in [0.25, 0.3) is 6.08 Å². The third-order valence-electron chi connectivity index (χ3n) is 5.37. The van der Waals surface area contributed by atoms with E-state index in [0.717, 1.165) is 16.8 Å². The van der Waals surface area contributed by atoms with Gasteiger partial charge >= 0.3 is 0 Å². The van der Waals surface area contributed by atoms with Crippen molar-refractivity contribution < 1.29 is 18.7 Å². The fourth-order valence-corrected chi connectivity index (χ4v) is 4.10. The van der Waals surface area contributed by atoms with E-state index in [9.17, 15) is 9.18 Å². The Morgan fingerprint density at radius 3 is 2.90 bits per heavy atom. The number of allylic oxidation sites excluding steroid dienone is 1. The number of ketones is 1. The van der Waals surface area contributed by atoms with Crippen molar-refractivity contribution in [3.05, 3.63) is 93.2 Å². The molecule has 156 valence electrons. The Balaban J connectivity index is 1.50. The van der Waals surface area contributed by atoms with Crippen LogP contribution in [0.5, 0.6) is 11.5 Å². The molecule has 3 aromatic rings. The molecule has 0 saturated carbocycles. The summed E-state index contributed by atoms with van der Waals surface area (Å²) in [6, 6.07) is 12.0. The largest absolute Gasteiger partial charge is 0.478 e. The molecule has 0 unspecified atom stereocenters. The van der Waals surface area contributed by atoms with E-state index >= 15 is 0 Å². The lowest BCUT2D eigenvalue weighted by Gasteiger charge is -2.29. The number of carbonyl (C=O) groups is 1. The van der Waals surface area contributed by atoms with Crippen LogP contribution in [0.3, 0.4) is 0 Å². The standard InChI is InChI=1S/C24H18ClFN2O3/c1-14-9-20-17(12-28(13-30-20)11-15-5-2-3-8-27-15)24-22(14)23(29)21(31-24)10-16-18(25)6-4-7-19(16)26/h2-10H,11-13H2,1H3/b21-10-. The summed E-state index contributed by atoms with van der Waals surface area (Å²) in [6.45, 7) is 3.38. The Bertz CT molecular complexity index is 1210. The van der Waals surface area contributed by atoms with Gasteiger partial charge in [0.25, 0.3) is 0 Å². The van der Waals surface area contributed by atoms with Crippen molar-refractivity contribution in [3.63, 3.8) is 0 Å². The van der Waals surface area contributed by atoms with E-state index in [1.54, 1.807) is 12.3 Å². The van der Waals surface area contributed by atoms with Crippen LogP contribution in [0, 0.1) is 12.7 Å². The molecule has 0 aliphatic carbocycles. The minimum Gasteiger partial charge on any atom is -0.478 e. The van der Waals surface area contributed by atoms with E-state index in [-0.39, 0.29) is 22.1 Å². The zero-order valence-corrected chi connectivity index (χ0v) is 17.4. The summed E-state index contributed by atoms with van der Waals surface area (Å²) in [7, 11) is 0. The second-order valence-electron chi connectivity index (χ2n) is 7.53. The molecule has 5 nitrogen and oxygen atoms in total. The van der Waals surface area contributed by atoms with Crippen LogP contribution in [0.1, 0.15) is 32.7 Å². The van der Waals surface area contributed by atoms with Gasteiger partial charge in [-0.25, -0.2) is 4.39 Å². The highest BCUT2D eigenvalue weighted by Crippen LogP contribution is 2.44. The first-order valence-electron chi connectivity index (χ1n) is 9.81. The predicted octanol–water partition coefficient (Wildman–Crippen LogP) is 5.15. The quantitative estimate of drug-likeness (QED) is 0.531. The van der Waals surface area contributed by atoms with Crippen LogP contribution in [0.4, 0.5) is 4.39 Å². The fraction of sp³-hybridized carbons (Fsp3) is 0.167. The summed E-state index contributed by atoms with van der Waals surface area (Å²) in [5, 5.41) is 0.212. The smallest absolute Gasteiger partial charge is 0.232 e. The summed E-state index contributed by atoms with van der Waals surface area (Å²) >= 11 is 6.13. The van der Waals surface area contributed by atoms with Crippen LogP contribution >= 0.6 is 11.6 Å². The number of pyridine rings is 1. The lowest BCUT2D eigenvalue weighted by atomic mass is 9.98. The van der Waals surface area contributed by atoms with Gasteiger partial charge in [0.2, 0.25) is 5.78 Å². The van der Waals surface area contributed by atoms with Gasteiger partial charge in [0.1, 0.15) is 24.0 Å². The maximum atomic E-state index is 14.2. The average molecular weight is 437 g/mol. The number of Topliss-reactive ketones (excluding diaryl/α,β-unsaturated/α-hetero) is 1. The molecule has 3 heterocycles. The van der Waals surface area contributed by atoms with Crippen molar-refractivity contribution >= 4 is 23.5 Å². The molecule has 2 aliphatic rings. The average Bonchev–Trinajstić information content (AvgIpc) is 3.09. The van der Waals surface area contributed by atoms with Gasteiger partial charge < -0.3 is 9.47 Å². The molecule has 0 spiro atoms. The summed E-state index contributed by atoms with van der Waals surface area (Å²) in [5.74, 6) is 0.378. The SMILES string of the molecule is Cc1cc2c(c3c1C(=O)/C(=C/c1c(F)cccc1Cl)O3)CN(Cc1ccccn1)CO2. The lowest BCUT2D eigenvalue weighted by molar-refractivity contribution is 0.0861. The molecule has 5 rings (SSSR count). The maximum absolute atomic E-state index is 14.2. The van der Waals surface area contributed by atoms with Gasteiger partial charge in [-0.2, -0.15) is 0 Å². The van der Waals surface area contributed by atoms with Crippen LogP contribution in [-0.4, -0.2) is 22.4 Å². The maximum Gasteiger partial charge on any atom is 0.232 e. The molecule has 0 fully saturated rings. The summed E-state index contributed by atoms with van der Waals surface area (Å²) in [4.78, 5) is 19.5. The molecular formula is C24H18ClFN2O3. The third-order valence-corrected chi connectivity index (χ3v) is 5.70. The number of hydrogen-bond acceptors (Lipinski definition) is 5. The second-order valence-corrected chi connectivity index (χ2v) is 7.94. The number of nitrogens with zero attached hydrogens (tertiary/aromatic N) is 2. The number of aromatic nitrogens is 1. The van der Waals surface area contributed by atoms with Crippen molar-refractivity contribution in [2.75, 3.05) is 6.73 Å².